The Labute approximate surface area is 150 Å². The van der Waals surface area contributed by atoms with E-state index in [1.54, 1.807) is 0 Å². The van der Waals surface area contributed by atoms with Crippen molar-refractivity contribution in [1.29, 1.82) is 0 Å². The lowest BCUT2D eigenvalue weighted by Crippen LogP contribution is -2.50. The van der Waals surface area contributed by atoms with Crippen LogP contribution in [0.1, 0.15) is 51.5 Å². The van der Waals surface area contributed by atoms with Gasteiger partial charge in [0, 0.05) is 0 Å². The molecular formula is C20H30N2O3. The van der Waals surface area contributed by atoms with Crippen LogP contribution in [0.2, 0.25) is 0 Å². The van der Waals surface area contributed by atoms with Gasteiger partial charge in [-0.05, 0) is 37.3 Å². The molecule has 5 nitrogen and oxygen atoms in total. The highest BCUT2D eigenvalue weighted by Crippen LogP contribution is 2.12. The van der Waals surface area contributed by atoms with Gasteiger partial charge in [0.1, 0.15) is 12.6 Å². The van der Waals surface area contributed by atoms with Gasteiger partial charge < -0.3 is 15.4 Å². The SMILES string of the molecule is CC(C)C[C@@H](NC(=O)C1CCCCCN1)C(=O)OCc1ccccc1. The molecule has 0 aliphatic carbocycles. The summed E-state index contributed by atoms with van der Waals surface area (Å²) in [6.07, 6.45) is 4.67. The van der Waals surface area contributed by atoms with Crippen LogP contribution >= 0.6 is 0 Å². The van der Waals surface area contributed by atoms with Gasteiger partial charge in [-0.2, -0.15) is 0 Å². The standard InChI is InChI=1S/C20H30N2O3/c1-15(2)13-18(20(24)25-14-16-9-5-3-6-10-16)22-19(23)17-11-7-4-8-12-21-17/h3,5-6,9-10,15,17-18,21H,4,7-8,11-14H2,1-2H3,(H,22,23)/t17?,18-/m1/s1. The second kappa shape index (κ2) is 10.2. The molecule has 0 radical (unpaired) electrons. The van der Waals surface area contributed by atoms with Crippen molar-refractivity contribution in [2.24, 2.45) is 5.92 Å². The average Bonchev–Trinajstić information content (AvgIpc) is 2.89. The fourth-order valence-corrected chi connectivity index (χ4v) is 3.04. The summed E-state index contributed by atoms with van der Waals surface area (Å²) in [5.41, 5.74) is 0.941. The van der Waals surface area contributed by atoms with E-state index in [9.17, 15) is 9.59 Å². The number of benzene rings is 1. The van der Waals surface area contributed by atoms with Gasteiger partial charge in [0.05, 0.1) is 6.04 Å². The summed E-state index contributed by atoms with van der Waals surface area (Å²) < 4.78 is 5.43. The second-order valence-electron chi connectivity index (χ2n) is 7.14. The van der Waals surface area contributed by atoms with Crippen LogP contribution in [0.5, 0.6) is 0 Å². The molecule has 1 amide bonds. The van der Waals surface area contributed by atoms with Gasteiger partial charge in [-0.15, -0.1) is 0 Å². The van der Waals surface area contributed by atoms with E-state index in [0.717, 1.165) is 37.8 Å². The summed E-state index contributed by atoms with van der Waals surface area (Å²) in [5.74, 6) is -0.166. The third-order valence-corrected chi connectivity index (χ3v) is 4.41. The number of rotatable bonds is 7. The van der Waals surface area contributed by atoms with Gasteiger partial charge in [0.15, 0.2) is 0 Å². The molecule has 5 heteroatoms. The number of carbonyl (C=O) groups is 2. The van der Waals surface area contributed by atoms with Crippen LogP contribution in [0.25, 0.3) is 0 Å². The van der Waals surface area contributed by atoms with E-state index in [-0.39, 0.29) is 30.4 Å². The number of hydrogen-bond acceptors (Lipinski definition) is 4. The van der Waals surface area contributed by atoms with Crippen LogP contribution in [-0.2, 0) is 20.9 Å². The van der Waals surface area contributed by atoms with Crippen molar-refractivity contribution in [2.45, 2.75) is 64.6 Å². The molecule has 0 bridgehead atoms. The summed E-state index contributed by atoms with van der Waals surface area (Å²) in [6.45, 7) is 5.15. The van der Waals surface area contributed by atoms with Crippen molar-refractivity contribution in [3.05, 3.63) is 35.9 Å². The normalized spacial score (nSPS) is 19.1. The van der Waals surface area contributed by atoms with Crippen molar-refractivity contribution >= 4 is 11.9 Å². The third kappa shape index (κ3) is 6.86. The lowest BCUT2D eigenvalue weighted by molar-refractivity contribution is -0.149. The maximum Gasteiger partial charge on any atom is 0.328 e. The lowest BCUT2D eigenvalue weighted by Gasteiger charge is -2.22. The summed E-state index contributed by atoms with van der Waals surface area (Å²) in [7, 11) is 0. The molecule has 2 rings (SSSR count). The molecule has 1 aromatic rings. The van der Waals surface area contributed by atoms with Gasteiger partial charge in [-0.25, -0.2) is 4.79 Å². The second-order valence-corrected chi connectivity index (χ2v) is 7.14. The van der Waals surface area contributed by atoms with Crippen molar-refractivity contribution in [2.75, 3.05) is 6.54 Å². The Balaban J connectivity index is 1.92. The maximum absolute atomic E-state index is 12.5. The summed E-state index contributed by atoms with van der Waals surface area (Å²) >= 11 is 0. The first-order valence-electron chi connectivity index (χ1n) is 9.30. The molecule has 1 aliphatic heterocycles. The molecule has 1 saturated heterocycles. The minimum absolute atomic E-state index is 0.0933. The minimum atomic E-state index is -0.596. The highest BCUT2D eigenvalue weighted by molar-refractivity contribution is 5.87. The monoisotopic (exact) mass is 346 g/mol. The molecule has 2 atom stereocenters. The van der Waals surface area contributed by atoms with Crippen molar-refractivity contribution in [3.63, 3.8) is 0 Å². The van der Waals surface area contributed by atoms with Gasteiger partial charge in [0.25, 0.3) is 0 Å². The fourth-order valence-electron chi connectivity index (χ4n) is 3.04. The van der Waals surface area contributed by atoms with Gasteiger partial charge in [-0.1, -0.05) is 57.0 Å². The summed E-state index contributed by atoms with van der Waals surface area (Å²) in [6, 6.07) is 8.77. The van der Waals surface area contributed by atoms with Gasteiger partial charge in [-0.3, -0.25) is 4.79 Å². The quantitative estimate of drug-likeness (QED) is 0.745. The van der Waals surface area contributed by atoms with Crippen molar-refractivity contribution < 1.29 is 14.3 Å². The van der Waals surface area contributed by atoms with Crippen LogP contribution in [-0.4, -0.2) is 30.5 Å². The van der Waals surface area contributed by atoms with E-state index in [2.05, 4.69) is 10.6 Å². The zero-order valence-electron chi connectivity index (χ0n) is 15.3. The van der Waals surface area contributed by atoms with E-state index in [1.165, 1.54) is 0 Å². The number of nitrogens with one attached hydrogen (secondary N) is 2. The molecule has 1 aliphatic rings. The first-order chi connectivity index (χ1) is 12.1. The number of ether oxygens (including phenoxy) is 1. The summed E-state index contributed by atoms with van der Waals surface area (Å²) in [5, 5.41) is 6.18. The highest BCUT2D eigenvalue weighted by atomic mass is 16.5. The van der Waals surface area contributed by atoms with E-state index in [1.807, 2.05) is 44.2 Å². The number of amides is 1. The van der Waals surface area contributed by atoms with Crippen LogP contribution in [0.3, 0.4) is 0 Å². The summed E-state index contributed by atoms with van der Waals surface area (Å²) in [4.78, 5) is 25.0. The zero-order valence-corrected chi connectivity index (χ0v) is 15.3. The molecule has 1 heterocycles. The smallest absolute Gasteiger partial charge is 0.328 e. The molecule has 1 unspecified atom stereocenters. The van der Waals surface area contributed by atoms with Crippen molar-refractivity contribution in [1.82, 2.24) is 10.6 Å². The predicted octanol–water partition coefficient (Wildman–Crippen LogP) is 2.79. The zero-order chi connectivity index (χ0) is 18.1. The van der Waals surface area contributed by atoms with Gasteiger partial charge >= 0.3 is 5.97 Å². The van der Waals surface area contributed by atoms with Crippen LogP contribution in [0, 0.1) is 5.92 Å². The molecule has 1 fully saturated rings. The average molecular weight is 346 g/mol. The Bertz CT molecular complexity index is 537. The minimum Gasteiger partial charge on any atom is -0.459 e. The topological polar surface area (TPSA) is 67.4 Å². The molecule has 0 saturated carbocycles. The molecule has 2 N–H and O–H groups in total. The molecule has 1 aromatic carbocycles. The Morgan fingerprint density at radius 3 is 2.68 bits per heavy atom. The van der Waals surface area contributed by atoms with Crippen LogP contribution in [0.4, 0.5) is 0 Å². The Morgan fingerprint density at radius 1 is 1.20 bits per heavy atom. The van der Waals surface area contributed by atoms with Gasteiger partial charge in [0.2, 0.25) is 5.91 Å². The third-order valence-electron chi connectivity index (χ3n) is 4.41. The Kier molecular flexibility index (Phi) is 7.92. The van der Waals surface area contributed by atoms with E-state index in [4.69, 9.17) is 4.74 Å². The van der Waals surface area contributed by atoms with Crippen LogP contribution in [0.15, 0.2) is 30.3 Å². The lowest BCUT2D eigenvalue weighted by atomic mass is 10.0. The number of carbonyl (C=O) groups excluding carboxylic acids is 2. The number of hydrogen-bond donors (Lipinski definition) is 2. The predicted molar refractivity (Wildman–Crippen MR) is 97.9 cm³/mol. The van der Waals surface area contributed by atoms with Crippen LogP contribution < -0.4 is 10.6 Å². The Morgan fingerprint density at radius 2 is 1.96 bits per heavy atom. The first kappa shape index (κ1) is 19.4. The van der Waals surface area contributed by atoms with E-state index < -0.39 is 6.04 Å². The molecule has 138 valence electrons. The van der Waals surface area contributed by atoms with Crippen molar-refractivity contribution in [3.8, 4) is 0 Å². The number of esters is 1. The van der Waals surface area contributed by atoms with E-state index in [0.29, 0.717) is 6.42 Å². The Hall–Kier alpha value is -1.88. The molecule has 0 spiro atoms. The molecular weight excluding hydrogens is 316 g/mol. The van der Waals surface area contributed by atoms with E-state index >= 15 is 0 Å². The molecule has 0 aromatic heterocycles. The highest BCUT2D eigenvalue weighted by Gasteiger charge is 2.27. The largest absolute Gasteiger partial charge is 0.459 e. The maximum atomic E-state index is 12.5. The first-order valence-corrected chi connectivity index (χ1v) is 9.30. The fraction of sp³-hybridized carbons (Fsp3) is 0.600. The molecule has 25 heavy (non-hydrogen) atoms.